The standard InChI is InChI=1S/C16H26N5.C16H29N4O.C15H27N4O.C14H27N4O.C13H20N5.C13H25N4O/c1-20-9-10-21(13-20)8-6-4-2-3-5-7-16-15(18)11-14(17)12-19-16;1-20(7-3-2-4-8-20)9-11-21-10-5-6-16-15(18)12-14(17)13-19-16;1-19(6-2-3-7-19)8-10-20-9-4-5-15-14(17)11-13(16)12-18-15;1-18(2,3)7-5-9-19-8-4-6-14-13(16)10-12(15)11-17-14;1-17-6-7-18(10-17)5-3-2-4-13-12(15)8-11(14)9-16-13;1-17(2,3)6-8-18-7-4-5-13-12(15)9-11(14)10-16-13/h9-13H,2-8,17-18H2,1H3;12-13H,2-11,17-18H2,1H3;11-12H,2-10,16-17H2,1H3;10-11H,4-9,15-16H2,1-3H3;6-10H,2-5,14-15H2,1H3;9-10H,4-8,14-15H2,1-3H3/q6*+1. The van der Waals surface area contributed by atoms with Crippen LogP contribution in [-0.2, 0) is 84.7 Å². The van der Waals surface area contributed by atoms with Crippen molar-refractivity contribution in [2.75, 3.05) is 230 Å². The number of ether oxygens (including phenoxy) is 4. The first kappa shape index (κ1) is 98.2. The van der Waals surface area contributed by atoms with Gasteiger partial charge in [0.05, 0.1) is 282 Å². The van der Waals surface area contributed by atoms with Crippen molar-refractivity contribution in [1.29, 1.82) is 0 Å². The second-order valence-corrected chi connectivity index (χ2v) is 34.0. The molecule has 0 unspecified atom stereocenters. The monoisotopic (exact) mass is 1630 g/mol. The third kappa shape index (κ3) is 43.6. The Bertz CT molecular complexity index is 4030. The number of likely N-dealkylation sites (tertiary alicyclic amines) is 2. The van der Waals surface area contributed by atoms with Crippen LogP contribution in [0, 0.1) is 0 Å². The molecule has 8 aromatic rings. The minimum Gasteiger partial charge on any atom is -0.397 e. The van der Waals surface area contributed by atoms with Gasteiger partial charge in [0.25, 0.3) is 0 Å². The highest BCUT2D eigenvalue weighted by molar-refractivity contribution is 5.56. The molecule has 2 aliphatic rings. The first-order chi connectivity index (χ1) is 55.7. The lowest BCUT2D eigenvalue weighted by molar-refractivity contribution is -0.914. The van der Waals surface area contributed by atoms with Crippen LogP contribution in [0.2, 0.25) is 0 Å². The van der Waals surface area contributed by atoms with Gasteiger partial charge in [-0.05, 0) is 152 Å². The van der Waals surface area contributed by atoms with E-state index >= 15 is 0 Å². The Labute approximate surface area is 700 Å². The Balaban J connectivity index is 0.000000251. The van der Waals surface area contributed by atoms with Gasteiger partial charge in [0.1, 0.15) is 44.4 Å². The number of anilines is 12. The van der Waals surface area contributed by atoms with E-state index in [1.165, 1.54) is 92.9 Å². The zero-order valence-electron chi connectivity index (χ0n) is 73.2. The molecule has 2 aliphatic heterocycles. The molecule has 0 aromatic carbocycles. The number of nitrogens with two attached hydrogens (primary N) is 12. The van der Waals surface area contributed by atoms with Crippen LogP contribution >= 0.6 is 0 Å². The lowest BCUT2D eigenvalue weighted by Gasteiger charge is -2.37. The molecule has 0 bridgehead atoms. The number of unbranched alkanes of at least 4 members (excludes halogenated alkanes) is 5. The predicted octanol–water partition coefficient (Wildman–Crippen LogP) is 8.41. The lowest BCUT2D eigenvalue weighted by atomic mass is 10.1. The maximum Gasteiger partial charge on any atom is 0.243 e. The number of imidazole rings is 2. The SMILES string of the molecule is C[N+](C)(C)CCCOCCCc1ncc(N)cc1N.C[N+](C)(C)CCOCCCc1ncc(N)cc1N.C[N+]1(CCOCCCc2ncc(N)cc2N)CCCC1.C[N+]1(CCOCCCc2ncc(N)cc2N)CCCCC1.C[n+]1ccn(CCCCCCCc2ncc(N)cc2N)c1.C[n+]1ccn(CCCCc2ncc(N)cc2N)c1. The topological polar surface area (TPSA) is 444 Å². The summed E-state index contributed by atoms with van der Waals surface area (Å²) < 4.78 is 35.5. The molecule has 0 saturated carbocycles. The number of quaternary nitrogens is 4. The van der Waals surface area contributed by atoms with Crippen LogP contribution in [0.1, 0.15) is 143 Å². The number of pyridine rings is 6. The van der Waals surface area contributed by atoms with Crippen molar-refractivity contribution in [2.24, 2.45) is 14.1 Å². The highest BCUT2D eigenvalue weighted by Gasteiger charge is 2.27. The Hall–Kier alpha value is -9.40. The van der Waals surface area contributed by atoms with E-state index in [9.17, 15) is 0 Å². The number of aromatic nitrogens is 10. The highest BCUT2D eigenvalue weighted by atomic mass is 16.5. The number of hydrogen-bond acceptors (Lipinski definition) is 22. The van der Waals surface area contributed by atoms with E-state index in [1.54, 1.807) is 73.6 Å². The lowest BCUT2D eigenvalue weighted by Crippen LogP contribution is -2.49. The highest BCUT2D eigenvalue weighted by Crippen LogP contribution is 2.22. The van der Waals surface area contributed by atoms with Crippen LogP contribution < -0.4 is 77.9 Å². The van der Waals surface area contributed by atoms with Gasteiger partial charge in [-0.3, -0.25) is 29.9 Å². The second-order valence-electron chi connectivity index (χ2n) is 34.0. The summed E-state index contributed by atoms with van der Waals surface area (Å²) in [6.07, 6.45) is 47.7. The smallest absolute Gasteiger partial charge is 0.243 e. The Morgan fingerprint density at radius 2 is 0.581 bits per heavy atom. The van der Waals surface area contributed by atoms with Crippen LogP contribution in [0.3, 0.4) is 0 Å². The average Bonchev–Trinajstić information content (AvgIpc) is 1.59. The minimum atomic E-state index is 0.607. The molecule has 117 heavy (non-hydrogen) atoms. The summed E-state index contributed by atoms with van der Waals surface area (Å²) in [5.41, 5.74) is 82.3. The molecule has 2 saturated heterocycles. The first-order valence-electron chi connectivity index (χ1n) is 42.3. The molecule has 8 aromatic heterocycles. The summed E-state index contributed by atoms with van der Waals surface area (Å²) in [6, 6.07) is 10.6. The summed E-state index contributed by atoms with van der Waals surface area (Å²) in [5, 5.41) is 0. The number of rotatable bonds is 42. The van der Waals surface area contributed by atoms with Crippen molar-refractivity contribution in [3.05, 3.63) is 145 Å². The molecule has 0 radical (unpaired) electrons. The number of likely N-dealkylation sites (N-methyl/N-ethyl adjacent to an activating group) is 3. The van der Waals surface area contributed by atoms with Gasteiger partial charge in [-0.15, -0.1) is 0 Å². The molecule has 10 heterocycles. The zero-order valence-corrected chi connectivity index (χ0v) is 73.2. The molecule has 0 atom stereocenters. The average molecular weight is 1630 g/mol. The number of piperidine rings is 1. The van der Waals surface area contributed by atoms with E-state index in [4.69, 9.17) is 87.8 Å². The van der Waals surface area contributed by atoms with Crippen LogP contribution in [0.15, 0.2) is 111 Å². The van der Waals surface area contributed by atoms with Crippen LogP contribution in [-0.4, -0.2) is 219 Å². The van der Waals surface area contributed by atoms with Crippen molar-refractivity contribution in [3.63, 3.8) is 0 Å². The largest absolute Gasteiger partial charge is 0.397 e. The summed E-state index contributed by atoms with van der Waals surface area (Å²) in [5.74, 6) is 0. The van der Waals surface area contributed by atoms with Crippen molar-refractivity contribution in [2.45, 2.75) is 161 Å². The third-order valence-electron chi connectivity index (χ3n) is 20.6. The van der Waals surface area contributed by atoms with Crippen molar-refractivity contribution in [3.8, 4) is 0 Å². The number of nitrogens with zero attached hydrogens (tertiary/aromatic N) is 14. The third-order valence-corrected chi connectivity index (χ3v) is 20.6. The molecule has 10 rings (SSSR count). The van der Waals surface area contributed by atoms with Gasteiger partial charge in [-0.1, -0.05) is 12.8 Å². The first-order valence-corrected chi connectivity index (χ1v) is 42.3. The Kier molecular flexibility index (Phi) is 44.6. The summed E-state index contributed by atoms with van der Waals surface area (Å²) in [6.45, 7) is 18.1. The molecule has 24 N–H and O–H groups in total. The summed E-state index contributed by atoms with van der Waals surface area (Å²) in [4.78, 5) is 25.6. The quantitative estimate of drug-likeness (QED) is 0.00969. The summed E-state index contributed by atoms with van der Waals surface area (Å²) in [7, 11) is 21.8. The number of aryl methyl sites for hydroxylation is 10. The normalized spacial score (nSPS) is 13.5. The maximum absolute atomic E-state index is 5.90. The molecule has 2 fully saturated rings. The zero-order chi connectivity index (χ0) is 85.5. The molecular weight excluding hydrogens is 1470 g/mol. The van der Waals surface area contributed by atoms with Gasteiger partial charge in [-0.25, -0.2) is 18.3 Å². The van der Waals surface area contributed by atoms with E-state index in [0.717, 1.165) is 231 Å². The molecule has 0 aliphatic carbocycles. The van der Waals surface area contributed by atoms with Gasteiger partial charge in [-0.2, -0.15) is 0 Å². The minimum absolute atomic E-state index is 0.607. The van der Waals surface area contributed by atoms with Crippen molar-refractivity contribution >= 4 is 68.2 Å². The maximum atomic E-state index is 5.90. The number of nitrogen functional groups attached to an aromatic ring is 12. The van der Waals surface area contributed by atoms with Gasteiger partial charge >= 0.3 is 0 Å². The molecule has 30 heteroatoms. The Morgan fingerprint density at radius 3 is 0.880 bits per heavy atom. The fourth-order valence-electron chi connectivity index (χ4n) is 13.5. The molecule has 0 amide bonds. The van der Waals surface area contributed by atoms with E-state index in [-0.39, 0.29) is 0 Å². The molecule has 0 spiro atoms. The van der Waals surface area contributed by atoms with Gasteiger partial charge in [0.15, 0.2) is 0 Å². The van der Waals surface area contributed by atoms with E-state index in [0.29, 0.717) is 62.6 Å². The fourth-order valence-corrected chi connectivity index (χ4v) is 13.5. The second kappa shape index (κ2) is 53.1. The van der Waals surface area contributed by atoms with Gasteiger partial charge in [0, 0.05) is 45.7 Å². The predicted molar refractivity (Wildman–Crippen MR) is 481 cm³/mol. The molecular formula is C87H154N26O4+6. The Morgan fingerprint density at radius 1 is 0.325 bits per heavy atom. The van der Waals surface area contributed by atoms with E-state index in [1.807, 2.05) is 24.9 Å². The van der Waals surface area contributed by atoms with Crippen molar-refractivity contribution < 1.29 is 46.0 Å². The van der Waals surface area contributed by atoms with Crippen molar-refractivity contribution in [1.82, 2.24) is 39.0 Å². The van der Waals surface area contributed by atoms with Crippen LogP contribution in [0.5, 0.6) is 0 Å². The van der Waals surface area contributed by atoms with E-state index in [2.05, 4.69) is 131 Å². The van der Waals surface area contributed by atoms with Crippen LogP contribution in [0.4, 0.5) is 68.2 Å². The number of hydrogen-bond donors (Lipinski definition) is 12. The van der Waals surface area contributed by atoms with Gasteiger partial charge in [0.2, 0.25) is 12.7 Å². The van der Waals surface area contributed by atoms with Crippen LogP contribution in [0.25, 0.3) is 0 Å². The van der Waals surface area contributed by atoms with E-state index < -0.39 is 0 Å². The summed E-state index contributed by atoms with van der Waals surface area (Å²) >= 11 is 0. The van der Waals surface area contributed by atoms with Gasteiger partial charge < -0.3 is 106 Å². The fraction of sp³-hybridized carbons (Fsp3) is 0.586. The molecule has 30 nitrogen and oxygen atoms in total. The molecule has 650 valence electrons.